The second kappa shape index (κ2) is 6.18. The summed E-state index contributed by atoms with van der Waals surface area (Å²) in [6, 6.07) is 0. The molecule has 2 heterocycles. The Kier molecular flexibility index (Phi) is 4.58. The quantitative estimate of drug-likeness (QED) is 0.839. The fourth-order valence-electron chi connectivity index (χ4n) is 2.09. The summed E-state index contributed by atoms with van der Waals surface area (Å²) in [5.41, 5.74) is 0. The molecule has 1 amide bonds. The van der Waals surface area contributed by atoms with Crippen LogP contribution in [0.4, 0.5) is 5.13 Å². The Morgan fingerprint density at radius 2 is 2.11 bits per heavy atom. The molecule has 1 aromatic heterocycles. The topological polar surface area (TPSA) is 36.4 Å². The van der Waals surface area contributed by atoms with Crippen LogP contribution < -0.4 is 4.90 Å². The maximum absolute atomic E-state index is 12.0. The zero-order valence-corrected chi connectivity index (χ0v) is 11.9. The number of carbonyl (C=O) groups excluding carboxylic acids is 1. The Labute approximate surface area is 113 Å². The fraction of sp³-hybridized carbons (Fsp3) is 0.692. The summed E-state index contributed by atoms with van der Waals surface area (Å²) in [4.78, 5) is 20.6. The second-order valence-corrected chi connectivity index (χ2v) is 5.99. The fourth-order valence-corrected chi connectivity index (χ4v) is 2.79. The van der Waals surface area contributed by atoms with Gasteiger partial charge in [0.05, 0.1) is 0 Å². The van der Waals surface area contributed by atoms with Crippen molar-refractivity contribution in [1.29, 1.82) is 0 Å². The smallest absolute Gasteiger partial charge is 0.222 e. The summed E-state index contributed by atoms with van der Waals surface area (Å²) in [7, 11) is 0. The van der Waals surface area contributed by atoms with Crippen LogP contribution >= 0.6 is 11.3 Å². The zero-order valence-electron chi connectivity index (χ0n) is 11.1. The van der Waals surface area contributed by atoms with E-state index >= 15 is 0 Å². The van der Waals surface area contributed by atoms with Crippen molar-refractivity contribution in [3.8, 4) is 0 Å². The summed E-state index contributed by atoms with van der Waals surface area (Å²) >= 11 is 1.66. The molecule has 1 aliphatic rings. The van der Waals surface area contributed by atoms with Gasteiger partial charge in [-0.05, 0) is 12.3 Å². The van der Waals surface area contributed by atoms with Gasteiger partial charge >= 0.3 is 0 Å². The SMILES string of the molecule is CC(C)CCC(=O)N1CCN(c2nccs2)CC1. The first-order chi connectivity index (χ1) is 8.66. The minimum atomic E-state index is 0.308. The largest absolute Gasteiger partial charge is 0.345 e. The molecule has 0 aliphatic carbocycles. The van der Waals surface area contributed by atoms with Gasteiger partial charge in [-0.2, -0.15) is 0 Å². The Morgan fingerprint density at radius 3 is 2.67 bits per heavy atom. The molecular weight excluding hydrogens is 246 g/mol. The third kappa shape index (κ3) is 3.45. The monoisotopic (exact) mass is 267 g/mol. The molecule has 1 saturated heterocycles. The maximum atomic E-state index is 12.0. The molecule has 0 atom stereocenters. The highest BCUT2D eigenvalue weighted by Crippen LogP contribution is 2.19. The van der Waals surface area contributed by atoms with Crippen molar-refractivity contribution in [3.05, 3.63) is 11.6 Å². The minimum Gasteiger partial charge on any atom is -0.345 e. The molecule has 5 heteroatoms. The van der Waals surface area contributed by atoms with E-state index in [0.29, 0.717) is 18.2 Å². The average Bonchev–Trinajstić information content (AvgIpc) is 2.90. The van der Waals surface area contributed by atoms with Gasteiger partial charge in [-0.25, -0.2) is 4.98 Å². The van der Waals surface area contributed by atoms with E-state index < -0.39 is 0 Å². The van der Waals surface area contributed by atoms with E-state index in [9.17, 15) is 4.79 Å². The van der Waals surface area contributed by atoms with Gasteiger partial charge in [0.25, 0.3) is 0 Å². The molecule has 18 heavy (non-hydrogen) atoms. The lowest BCUT2D eigenvalue weighted by Gasteiger charge is -2.34. The lowest BCUT2D eigenvalue weighted by Crippen LogP contribution is -2.48. The number of thiazole rings is 1. The lowest BCUT2D eigenvalue weighted by molar-refractivity contribution is -0.131. The molecule has 0 aromatic carbocycles. The van der Waals surface area contributed by atoms with Gasteiger partial charge in [0.15, 0.2) is 5.13 Å². The van der Waals surface area contributed by atoms with E-state index in [4.69, 9.17) is 0 Å². The van der Waals surface area contributed by atoms with Crippen LogP contribution in [0.5, 0.6) is 0 Å². The third-order valence-corrected chi connectivity index (χ3v) is 4.09. The van der Waals surface area contributed by atoms with Crippen LogP contribution in [-0.4, -0.2) is 42.0 Å². The van der Waals surface area contributed by atoms with E-state index in [2.05, 4.69) is 23.7 Å². The van der Waals surface area contributed by atoms with Crippen molar-refractivity contribution < 1.29 is 4.79 Å². The van der Waals surface area contributed by atoms with E-state index in [1.165, 1.54) is 0 Å². The maximum Gasteiger partial charge on any atom is 0.222 e. The van der Waals surface area contributed by atoms with Crippen molar-refractivity contribution in [2.45, 2.75) is 26.7 Å². The average molecular weight is 267 g/mol. The third-order valence-electron chi connectivity index (χ3n) is 3.26. The predicted octanol–water partition coefficient (Wildman–Crippen LogP) is 2.23. The van der Waals surface area contributed by atoms with Crippen molar-refractivity contribution in [2.75, 3.05) is 31.1 Å². The van der Waals surface area contributed by atoms with E-state index in [1.54, 1.807) is 11.3 Å². The molecule has 0 unspecified atom stereocenters. The second-order valence-electron chi connectivity index (χ2n) is 5.12. The van der Waals surface area contributed by atoms with Gasteiger partial charge < -0.3 is 9.80 Å². The Hall–Kier alpha value is -1.10. The molecular formula is C13H21N3OS. The van der Waals surface area contributed by atoms with Gasteiger partial charge in [0.1, 0.15) is 0 Å². The van der Waals surface area contributed by atoms with Gasteiger partial charge in [0.2, 0.25) is 5.91 Å². The van der Waals surface area contributed by atoms with Crippen LogP contribution in [0.15, 0.2) is 11.6 Å². The molecule has 100 valence electrons. The van der Waals surface area contributed by atoms with E-state index in [-0.39, 0.29) is 0 Å². The van der Waals surface area contributed by atoms with Gasteiger partial charge in [-0.15, -0.1) is 11.3 Å². The van der Waals surface area contributed by atoms with Crippen LogP contribution in [0.2, 0.25) is 0 Å². The van der Waals surface area contributed by atoms with E-state index in [0.717, 1.165) is 37.7 Å². The molecule has 2 rings (SSSR count). The van der Waals surface area contributed by atoms with Gasteiger partial charge in [-0.1, -0.05) is 13.8 Å². The number of nitrogens with zero attached hydrogens (tertiary/aromatic N) is 3. The molecule has 0 N–H and O–H groups in total. The summed E-state index contributed by atoms with van der Waals surface area (Å²) in [6.45, 7) is 7.79. The first-order valence-electron chi connectivity index (χ1n) is 6.59. The molecule has 1 fully saturated rings. The summed E-state index contributed by atoms with van der Waals surface area (Å²) in [6.07, 6.45) is 3.51. The van der Waals surface area contributed by atoms with Crippen molar-refractivity contribution >= 4 is 22.4 Å². The Balaban J connectivity index is 1.78. The highest BCUT2D eigenvalue weighted by Gasteiger charge is 2.21. The number of aromatic nitrogens is 1. The first kappa shape index (κ1) is 13.3. The molecule has 0 bridgehead atoms. The number of rotatable bonds is 4. The van der Waals surface area contributed by atoms with Crippen LogP contribution in [-0.2, 0) is 4.79 Å². The Bertz CT molecular complexity index is 370. The van der Waals surface area contributed by atoms with Crippen LogP contribution in [0.25, 0.3) is 0 Å². The molecule has 0 spiro atoms. The highest BCUT2D eigenvalue weighted by atomic mass is 32.1. The van der Waals surface area contributed by atoms with Crippen LogP contribution in [0.1, 0.15) is 26.7 Å². The first-order valence-corrected chi connectivity index (χ1v) is 7.47. The van der Waals surface area contributed by atoms with Crippen molar-refractivity contribution in [2.24, 2.45) is 5.92 Å². The summed E-state index contributed by atoms with van der Waals surface area (Å²) in [5.74, 6) is 0.910. The van der Waals surface area contributed by atoms with Gasteiger partial charge in [-0.3, -0.25) is 4.79 Å². The number of amides is 1. The highest BCUT2D eigenvalue weighted by molar-refractivity contribution is 7.13. The molecule has 4 nitrogen and oxygen atoms in total. The van der Waals surface area contributed by atoms with E-state index in [1.807, 2.05) is 16.5 Å². The number of hydrogen-bond acceptors (Lipinski definition) is 4. The van der Waals surface area contributed by atoms with Gasteiger partial charge in [0, 0.05) is 44.2 Å². The molecule has 1 aromatic rings. The Morgan fingerprint density at radius 1 is 1.39 bits per heavy atom. The minimum absolute atomic E-state index is 0.308. The number of carbonyl (C=O) groups is 1. The number of anilines is 1. The lowest BCUT2D eigenvalue weighted by atomic mass is 10.1. The van der Waals surface area contributed by atoms with Crippen LogP contribution in [0, 0.1) is 5.92 Å². The molecule has 0 saturated carbocycles. The number of piperazine rings is 1. The zero-order chi connectivity index (χ0) is 13.0. The standard InChI is InChI=1S/C13H21N3OS/c1-11(2)3-4-12(17)15-6-8-16(9-7-15)13-14-5-10-18-13/h5,10-11H,3-4,6-9H2,1-2H3. The van der Waals surface area contributed by atoms with Crippen molar-refractivity contribution in [3.63, 3.8) is 0 Å². The number of hydrogen-bond donors (Lipinski definition) is 0. The predicted molar refractivity (Wildman–Crippen MR) is 75.0 cm³/mol. The summed E-state index contributed by atoms with van der Waals surface area (Å²) in [5, 5.41) is 3.07. The van der Waals surface area contributed by atoms with Crippen molar-refractivity contribution in [1.82, 2.24) is 9.88 Å². The normalized spacial score (nSPS) is 16.4. The van der Waals surface area contributed by atoms with Crippen LogP contribution in [0.3, 0.4) is 0 Å². The molecule has 1 aliphatic heterocycles. The molecule has 0 radical (unpaired) electrons. The summed E-state index contributed by atoms with van der Waals surface area (Å²) < 4.78 is 0.